The number of carboxylic acid groups (broad SMARTS) is 1. The lowest BCUT2D eigenvalue weighted by Crippen LogP contribution is -2.18. The van der Waals surface area contributed by atoms with Gasteiger partial charge in [0.25, 0.3) is 0 Å². The van der Waals surface area contributed by atoms with E-state index in [2.05, 4.69) is 11.1 Å². The third-order valence-electron chi connectivity index (χ3n) is 5.49. The molecule has 1 N–H and O–H groups in total. The van der Waals surface area contributed by atoms with Crippen molar-refractivity contribution in [1.82, 2.24) is 9.55 Å². The molecule has 0 aliphatic heterocycles. The van der Waals surface area contributed by atoms with E-state index < -0.39 is 5.97 Å². The summed E-state index contributed by atoms with van der Waals surface area (Å²) < 4.78 is 1.63. The lowest BCUT2D eigenvalue weighted by molar-refractivity contribution is -0.137. The number of carbonyl (C=O) groups excluding carboxylic acids is 1. The summed E-state index contributed by atoms with van der Waals surface area (Å²) in [6.07, 6.45) is 5.91. The van der Waals surface area contributed by atoms with Crippen LogP contribution in [0.15, 0.2) is 42.5 Å². The van der Waals surface area contributed by atoms with E-state index in [0.29, 0.717) is 22.8 Å². The van der Waals surface area contributed by atoms with Crippen LogP contribution in [0.25, 0.3) is 11.0 Å². The Morgan fingerprint density at radius 2 is 1.69 bits per heavy atom. The molecule has 0 aliphatic rings. The summed E-state index contributed by atoms with van der Waals surface area (Å²) >= 11 is 12.2. The summed E-state index contributed by atoms with van der Waals surface area (Å²) in [5, 5.41) is 10.3. The third kappa shape index (κ3) is 6.81. The Hall–Kier alpha value is -2.37. The van der Waals surface area contributed by atoms with Gasteiger partial charge in [0.1, 0.15) is 5.82 Å². The average Bonchev–Trinajstić information content (AvgIpc) is 3.07. The molecule has 3 rings (SSSR count). The number of rotatable bonds is 11. The minimum absolute atomic E-state index is 0.0406. The molecule has 170 valence electrons. The molecular formula is C25H28Cl2N2O3. The number of imidazole rings is 1. The van der Waals surface area contributed by atoms with E-state index in [9.17, 15) is 9.59 Å². The van der Waals surface area contributed by atoms with Crippen molar-refractivity contribution in [1.29, 1.82) is 0 Å². The quantitative estimate of drug-likeness (QED) is 0.309. The predicted molar refractivity (Wildman–Crippen MR) is 129 cm³/mol. The van der Waals surface area contributed by atoms with Gasteiger partial charge in [-0.25, -0.2) is 4.98 Å². The number of carbonyl (C=O) groups is 2. The van der Waals surface area contributed by atoms with E-state index in [0.717, 1.165) is 42.6 Å². The maximum absolute atomic E-state index is 13.0. The van der Waals surface area contributed by atoms with Crippen LogP contribution in [0.3, 0.4) is 0 Å². The molecule has 0 saturated carbocycles. The number of unbranched alkanes of at least 4 members (excludes halogenated alkanes) is 3. The van der Waals surface area contributed by atoms with Crippen molar-refractivity contribution in [2.75, 3.05) is 0 Å². The van der Waals surface area contributed by atoms with Gasteiger partial charge in [-0.1, -0.05) is 55.1 Å². The number of aryl methyl sites for hydroxylation is 2. The zero-order chi connectivity index (χ0) is 23.1. The fraction of sp³-hybridized carbons (Fsp3) is 0.400. The summed E-state index contributed by atoms with van der Waals surface area (Å²) in [6, 6.07) is 13.3. The predicted octanol–water partition coefficient (Wildman–Crippen LogP) is 6.83. The highest BCUT2D eigenvalue weighted by atomic mass is 35.5. The maximum atomic E-state index is 13.0. The highest BCUT2D eigenvalue weighted by Crippen LogP contribution is 2.24. The van der Waals surface area contributed by atoms with E-state index in [1.54, 1.807) is 23.6 Å². The second-order valence-corrected chi connectivity index (χ2v) is 9.21. The highest BCUT2D eigenvalue weighted by molar-refractivity contribution is 6.31. The highest BCUT2D eigenvalue weighted by Gasteiger charge is 2.20. The smallest absolute Gasteiger partial charge is 0.303 e. The van der Waals surface area contributed by atoms with Crippen molar-refractivity contribution in [3.8, 4) is 0 Å². The van der Waals surface area contributed by atoms with E-state index in [-0.39, 0.29) is 24.7 Å². The van der Waals surface area contributed by atoms with Crippen LogP contribution < -0.4 is 0 Å². The Kier molecular flexibility index (Phi) is 8.71. The fourth-order valence-corrected chi connectivity index (χ4v) is 4.34. The number of carboxylic acids is 1. The summed E-state index contributed by atoms with van der Waals surface area (Å²) in [5.41, 5.74) is 2.66. The van der Waals surface area contributed by atoms with Gasteiger partial charge in [-0.2, -0.15) is 0 Å². The van der Waals surface area contributed by atoms with Gasteiger partial charge < -0.3 is 5.11 Å². The molecule has 32 heavy (non-hydrogen) atoms. The van der Waals surface area contributed by atoms with Crippen LogP contribution in [0.1, 0.15) is 61.6 Å². The minimum atomic E-state index is -0.901. The summed E-state index contributed by atoms with van der Waals surface area (Å²) in [7, 11) is 0. The largest absolute Gasteiger partial charge is 0.481 e. The third-order valence-corrected chi connectivity index (χ3v) is 5.96. The Labute approximate surface area is 198 Å². The second kappa shape index (κ2) is 11.5. The van der Waals surface area contributed by atoms with Crippen LogP contribution in [-0.2, 0) is 17.6 Å². The molecule has 0 bridgehead atoms. The van der Waals surface area contributed by atoms with Crippen molar-refractivity contribution in [2.45, 2.75) is 58.3 Å². The van der Waals surface area contributed by atoms with Gasteiger partial charge in [0, 0.05) is 29.3 Å². The molecule has 7 heteroatoms. The molecule has 0 aliphatic carbocycles. The molecule has 2 aromatic carbocycles. The molecule has 5 nitrogen and oxygen atoms in total. The van der Waals surface area contributed by atoms with Crippen molar-refractivity contribution < 1.29 is 14.7 Å². The summed E-state index contributed by atoms with van der Waals surface area (Å²) in [5.74, 6) is -0.582. The van der Waals surface area contributed by atoms with Crippen molar-refractivity contribution in [3.05, 3.63) is 63.9 Å². The first-order valence-corrected chi connectivity index (χ1v) is 11.8. The molecule has 0 spiro atoms. The molecule has 1 atom stereocenters. The van der Waals surface area contributed by atoms with Crippen molar-refractivity contribution in [3.63, 3.8) is 0 Å². The molecule has 0 radical (unpaired) electrons. The number of hydrogen-bond donors (Lipinski definition) is 1. The Morgan fingerprint density at radius 3 is 2.41 bits per heavy atom. The second-order valence-electron chi connectivity index (χ2n) is 8.34. The van der Waals surface area contributed by atoms with E-state index in [4.69, 9.17) is 28.3 Å². The van der Waals surface area contributed by atoms with Crippen molar-refractivity contribution in [2.24, 2.45) is 5.92 Å². The Morgan fingerprint density at radius 1 is 0.969 bits per heavy atom. The van der Waals surface area contributed by atoms with Gasteiger partial charge >= 0.3 is 5.97 Å². The van der Waals surface area contributed by atoms with E-state index in [1.807, 2.05) is 24.3 Å². The molecular weight excluding hydrogens is 447 g/mol. The number of aliphatic carboxylic acids is 1. The van der Waals surface area contributed by atoms with Crippen LogP contribution in [0.5, 0.6) is 0 Å². The zero-order valence-corrected chi connectivity index (χ0v) is 19.7. The van der Waals surface area contributed by atoms with Gasteiger partial charge in [0.05, 0.1) is 11.0 Å². The molecule has 1 unspecified atom stereocenters. The molecule has 1 heterocycles. The number of halogens is 2. The maximum Gasteiger partial charge on any atom is 0.303 e. The van der Waals surface area contributed by atoms with Crippen LogP contribution in [0.2, 0.25) is 10.0 Å². The molecule has 3 aromatic rings. The van der Waals surface area contributed by atoms with Crippen LogP contribution in [0.4, 0.5) is 0 Å². The minimum Gasteiger partial charge on any atom is -0.481 e. The van der Waals surface area contributed by atoms with Gasteiger partial charge in [-0.05, 0) is 61.1 Å². The fourth-order valence-electron chi connectivity index (χ4n) is 3.96. The molecule has 0 saturated heterocycles. The van der Waals surface area contributed by atoms with Crippen LogP contribution in [-0.4, -0.2) is 26.5 Å². The summed E-state index contributed by atoms with van der Waals surface area (Å²) in [6.45, 7) is 1.78. The topological polar surface area (TPSA) is 72.2 Å². The van der Waals surface area contributed by atoms with E-state index >= 15 is 0 Å². The number of nitrogens with zero attached hydrogens (tertiary/aromatic N) is 2. The number of hydrogen-bond acceptors (Lipinski definition) is 3. The van der Waals surface area contributed by atoms with Crippen LogP contribution >= 0.6 is 23.2 Å². The zero-order valence-electron chi connectivity index (χ0n) is 18.2. The van der Waals surface area contributed by atoms with Crippen LogP contribution in [0, 0.1) is 5.92 Å². The molecule has 1 aromatic heterocycles. The standard InChI is InChI=1S/C25H28Cl2N2O3/c1-17(14-25(31)32)13-24(30)29-22-16-20(27)11-12-21(22)28-23(29)10-5-3-2-4-7-18-8-6-9-19(26)15-18/h6,8-9,11-12,15-17H,2-5,7,10,13-14H2,1H3,(H,31,32). The molecule has 0 amide bonds. The first-order valence-electron chi connectivity index (χ1n) is 11.0. The van der Waals surface area contributed by atoms with E-state index in [1.165, 1.54) is 5.56 Å². The van der Waals surface area contributed by atoms with Gasteiger partial charge in [0.15, 0.2) is 0 Å². The lowest BCUT2D eigenvalue weighted by atomic mass is 10.0. The number of fused-ring (bicyclic) bond motifs is 1. The summed E-state index contributed by atoms with van der Waals surface area (Å²) in [4.78, 5) is 28.7. The number of benzene rings is 2. The van der Waals surface area contributed by atoms with Gasteiger partial charge in [-0.15, -0.1) is 0 Å². The van der Waals surface area contributed by atoms with Gasteiger partial charge in [-0.3, -0.25) is 14.2 Å². The van der Waals surface area contributed by atoms with Crippen molar-refractivity contribution >= 4 is 46.1 Å². The first kappa shape index (κ1) is 24.3. The Balaban J connectivity index is 1.62. The first-order chi connectivity index (χ1) is 15.3. The normalized spacial score (nSPS) is 12.2. The average molecular weight is 475 g/mol. The molecule has 0 fully saturated rings. The Bertz CT molecular complexity index is 1090. The SMILES string of the molecule is CC(CC(=O)O)CC(=O)n1c(CCCCCCc2cccc(Cl)c2)nc2ccc(Cl)cc21. The van der Waals surface area contributed by atoms with Gasteiger partial charge in [0.2, 0.25) is 5.91 Å². The lowest BCUT2D eigenvalue weighted by Gasteiger charge is -2.11. The number of aromatic nitrogens is 2. The monoisotopic (exact) mass is 474 g/mol.